The number of nitrogens with zero attached hydrogens (tertiary/aromatic N) is 1. The van der Waals surface area contributed by atoms with E-state index in [1.165, 1.54) is 19.3 Å². The molecule has 122 valence electrons. The van der Waals surface area contributed by atoms with E-state index in [1.54, 1.807) is 4.90 Å². The number of amides is 2. The number of piperidine rings is 1. The molecule has 21 heavy (non-hydrogen) atoms. The normalized spacial score (nSPS) is 28.5. The van der Waals surface area contributed by atoms with Crippen LogP contribution in [0.15, 0.2) is 0 Å². The molecule has 0 spiro atoms. The third-order valence-corrected chi connectivity index (χ3v) is 5.11. The van der Waals surface area contributed by atoms with Crippen LogP contribution in [0.25, 0.3) is 0 Å². The number of aliphatic hydroxyl groups excluding tert-OH is 1. The maximum absolute atomic E-state index is 11.5. The van der Waals surface area contributed by atoms with Gasteiger partial charge < -0.3 is 21.1 Å². The number of hydrogen-bond acceptors (Lipinski definition) is 3. The molecule has 0 bridgehead atoms. The van der Waals surface area contributed by atoms with Gasteiger partial charge in [0.05, 0.1) is 6.10 Å². The number of carbonyl (C=O) groups is 1. The lowest BCUT2D eigenvalue weighted by atomic mass is 9.84. The lowest BCUT2D eigenvalue weighted by Gasteiger charge is -2.39. The number of primary amides is 1. The van der Waals surface area contributed by atoms with Gasteiger partial charge in [0.25, 0.3) is 0 Å². The molecule has 5 nitrogen and oxygen atoms in total. The Labute approximate surface area is 128 Å². The molecule has 0 aromatic heterocycles. The summed E-state index contributed by atoms with van der Waals surface area (Å²) in [7, 11) is 0. The maximum atomic E-state index is 11.5. The third-order valence-electron chi connectivity index (χ3n) is 5.11. The highest BCUT2D eigenvalue weighted by atomic mass is 16.3. The summed E-state index contributed by atoms with van der Waals surface area (Å²) in [6.45, 7) is 6.51. The zero-order chi connectivity index (χ0) is 15.4. The summed E-state index contributed by atoms with van der Waals surface area (Å²) in [5.74, 6) is 1.41. The summed E-state index contributed by atoms with van der Waals surface area (Å²) in [6, 6.07) is -0.0228. The van der Waals surface area contributed by atoms with Gasteiger partial charge in [-0.3, -0.25) is 0 Å². The van der Waals surface area contributed by atoms with E-state index in [-0.39, 0.29) is 18.1 Å². The molecule has 1 aliphatic carbocycles. The van der Waals surface area contributed by atoms with E-state index in [1.807, 2.05) is 13.8 Å². The van der Waals surface area contributed by atoms with E-state index in [0.717, 1.165) is 25.3 Å². The van der Waals surface area contributed by atoms with Crippen LogP contribution in [-0.2, 0) is 0 Å². The Hall–Kier alpha value is -0.810. The minimum Gasteiger partial charge on any atom is -0.393 e. The van der Waals surface area contributed by atoms with E-state index < -0.39 is 0 Å². The Morgan fingerprint density at radius 1 is 1.33 bits per heavy atom. The molecule has 4 N–H and O–H groups in total. The first-order valence-electron chi connectivity index (χ1n) is 8.41. The Bertz CT molecular complexity index is 344. The molecule has 3 unspecified atom stereocenters. The number of rotatable bonds is 6. The van der Waals surface area contributed by atoms with Gasteiger partial charge >= 0.3 is 6.03 Å². The summed E-state index contributed by atoms with van der Waals surface area (Å²) in [5, 5.41) is 13.7. The van der Waals surface area contributed by atoms with Gasteiger partial charge in [-0.05, 0) is 50.0 Å². The fourth-order valence-electron chi connectivity index (χ4n) is 3.35. The Morgan fingerprint density at radius 3 is 2.57 bits per heavy atom. The number of likely N-dealkylation sites (tertiary alicyclic amines) is 1. The summed E-state index contributed by atoms with van der Waals surface area (Å²) < 4.78 is 0. The van der Waals surface area contributed by atoms with Crippen molar-refractivity contribution in [1.82, 2.24) is 10.2 Å². The van der Waals surface area contributed by atoms with Crippen LogP contribution in [0, 0.1) is 17.8 Å². The molecule has 1 saturated heterocycles. The number of aliphatic hydroxyl groups is 1. The van der Waals surface area contributed by atoms with Gasteiger partial charge in [0.15, 0.2) is 0 Å². The predicted molar refractivity (Wildman–Crippen MR) is 83.9 cm³/mol. The second-order valence-corrected chi connectivity index (χ2v) is 7.29. The summed E-state index contributed by atoms with van der Waals surface area (Å²) in [5.41, 5.74) is 5.47. The molecule has 5 heteroatoms. The fraction of sp³-hybridized carbons (Fsp3) is 0.938. The highest BCUT2D eigenvalue weighted by Crippen LogP contribution is 2.27. The molecule has 0 aromatic carbocycles. The van der Waals surface area contributed by atoms with Crippen molar-refractivity contribution in [1.29, 1.82) is 0 Å². The van der Waals surface area contributed by atoms with Crippen LogP contribution in [0.4, 0.5) is 4.79 Å². The Morgan fingerprint density at radius 2 is 2.05 bits per heavy atom. The number of carbonyl (C=O) groups excluding carboxylic acids is 1. The van der Waals surface area contributed by atoms with Crippen molar-refractivity contribution in [3.63, 3.8) is 0 Å². The number of nitrogens with one attached hydrogen (secondary N) is 1. The van der Waals surface area contributed by atoms with Crippen molar-refractivity contribution < 1.29 is 9.90 Å². The third kappa shape index (κ3) is 4.85. The smallest absolute Gasteiger partial charge is 0.314 e. The molecular formula is C16H31N3O2. The lowest BCUT2D eigenvalue weighted by Crippen LogP contribution is -2.54. The first-order valence-corrected chi connectivity index (χ1v) is 8.41. The van der Waals surface area contributed by atoms with Crippen LogP contribution < -0.4 is 11.1 Å². The minimum absolute atomic E-state index is 0.260. The van der Waals surface area contributed by atoms with Gasteiger partial charge in [-0.15, -0.1) is 0 Å². The molecule has 2 aliphatic rings. The van der Waals surface area contributed by atoms with Crippen molar-refractivity contribution >= 4 is 6.03 Å². The van der Waals surface area contributed by atoms with Crippen molar-refractivity contribution in [2.75, 3.05) is 19.6 Å². The second kappa shape index (κ2) is 7.45. The van der Waals surface area contributed by atoms with Gasteiger partial charge in [0.2, 0.25) is 0 Å². The molecule has 3 atom stereocenters. The Balaban J connectivity index is 1.86. The molecule has 1 aliphatic heterocycles. The van der Waals surface area contributed by atoms with E-state index >= 15 is 0 Å². The standard InChI is InChI=1S/C16H31N3O2/c1-11(2)15(20)7-13-6-14(10-19(9-13)16(17)21)18-8-12-4-3-5-12/h11-15,18,20H,3-10H2,1-2H3,(H2,17,21). The summed E-state index contributed by atoms with van der Waals surface area (Å²) >= 11 is 0. The number of hydrogen-bond donors (Lipinski definition) is 3. The quantitative estimate of drug-likeness (QED) is 0.696. The first kappa shape index (κ1) is 16.6. The average molecular weight is 297 g/mol. The topological polar surface area (TPSA) is 78.6 Å². The maximum Gasteiger partial charge on any atom is 0.314 e. The van der Waals surface area contributed by atoms with E-state index in [4.69, 9.17) is 5.73 Å². The molecule has 0 aromatic rings. The fourth-order valence-corrected chi connectivity index (χ4v) is 3.35. The monoisotopic (exact) mass is 297 g/mol. The van der Waals surface area contributed by atoms with E-state index in [2.05, 4.69) is 5.32 Å². The second-order valence-electron chi connectivity index (χ2n) is 7.29. The highest BCUT2D eigenvalue weighted by Gasteiger charge is 2.31. The molecular weight excluding hydrogens is 266 g/mol. The van der Waals surface area contributed by atoms with Crippen LogP contribution in [0.3, 0.4) is 0 Å². The zero-order valence-electron chi connectivity index (χ0n) is 13.4. The van der Waals surface area contributed by atoms with Crippen molar-refractivity contribution in [3.8, 4) is 0 Å². The van der Waals surface area contributed by atoms with Crippen LogP contribution in [0.1, 0.15) is 46.0 Å². The summed E-state index contributed by atoms with van der Waals surface area (Å²) in [6.07, 6.45) is 5.50. The van der Waals surface area contributed by atoms with E-state index in [0.29, 0.717) is 25.0 Å². The number of urea groups is 1. The molecule has 1 saturated carbocycles. The largest absolute Gasteiger partial charge is 0.393 e. The van der Waals surface area contributed by atoms with Crippen LogP contribution in [-0.4, -0.2) is 47.8 Å². The summed E-state index contributed by atoms with van der Waals surface area (Å²) in [4.78, 5) is 13.3. The highest BCUT2D eigenvalue weighted by molar-refractivity contribution is 5.72. The molecule has 2 rings (SSSR count). The molecule has 1 heterocycles. The average Bonchev–Trinajstić information content (AvgIpc) is 2.36. The van der Waals surface area contributed by atoms with Crippen molar-refractivity contribution in [2.45, 2.75) is 58.1 Å². The first-order chi connectivity index (χ1) is 9.95. The Kier molecular flexibility index (Phi) is 5.88. The van der Waals surface area contributed by atoms with E-state index in [9.17, 15) is 9.90 Å². The predicted octanol–water partition coefficient (Wildman–Crippen LogP) is 1.55. The van der Waals surface area contributed by atoms with Gasteiger partial charge in [0.1, 0.15) is 0 Å². The SMILES string of the molecule is CC(C)C(O)CC1CC(NCC2CCC2)CN(C(N)=O)C1. The van der Waals surface area contributed by atoms with Crippen molar-refractivity contribution in [2.24, 2.45) is 23.5 Å². The van der Waals surface area contributed by atoms with Gasteiger partial charge in [-0.1, -0.05) is 20.3 Å². The van der Waals surface area contributed by atoms with Crippen LogP contribution >= 0.6 is 0 Å². The molecule has 2 amide bonds. The van der Waals surface area contributed by atoms with Crippen LogP contribution in [0.5, 0.6) is 0 Å². The van der Waals surface area contributed by atoms with Crippen molar-refractivity contribution in [3.05, 3.63) is 0 Å². The van der Waals surface area contributed by atoms with Gasteiger partial charge in [-0.2, -0.15) is 0 Å². The lowest BCUT2D eigenvalue weighted by molar-refractivity contribution is 0.0693. The molecule has 0 radical (unpaired) electrons. The number of nitrogens with two attached hydrogens (primary N) is 1. The van der Waals surface area contributed by atoms with Crippen LogP contribution in [0.2, 0.25) is 0 Å². The minimum atomic E-state index is -0.339. The van der Waals surface area contributed by atoms with Gasteiger partial charge in [-0.25, -0.2) is 4.79 Å². The zero-order valence-corrected chi connectivity index (χ0v) is 13.4. The molecule has 2 fully saturated rings. The van der Waals surface area contributed by atoms with Gasteiger partial charge in [0, 0.05) is 19.1 Å².